The first-order valence-corrected chi connectivity index (χ1v) is 11.1. The topological polar surface area (TPSA) is 88.2 Å². The van der Waals surface area contributed by atoms with E-state index in [4.69, 9.17) is 23.2 Å². The molecule has 0 aliphatic rings. The minimum atomic E-state index is -3.82. The fraction of sp³-hybridized carbons (Fsp3) is 0.111. The Labute approximate surface area is 176 Å². The van der Waals surface area contributed by atoms with Crippen molar-refractivity contribution >= 4 is 55.6 Å². The number of thiazole rings is 1. The van der Waals surface area contributed by atoms with Crippen molar-refractivity contribution in [2.75, 3.05) is 4.72 Å². The van der Waals surface area contributed by atoms with E-state index < -0.39 is 10.0 Å². The van der Waals surface area contributed by atoms with Crippen molar-refractivity contribution in [1.29, 1.82) is 0 Å². The number of aryl methyl sites for hydroxylation is 1. The van der Waals surface area contributed by atoms with Gasteiger partial charge in [-0.1, -0.05) is 46.7 Å². The lowest BCUT2D eigenvalue weighted by Crippen LogP contribution is -2.22. The molecule has 0 aliphatic heterocycles. The summed E-state index contributed by atoms with van der Waals surface area (Å²) >= 11 is 12.6. The molecule has 2 aromatic carbocycles. The molecule has 10 heteroatoms. The second-order valence-electron chi connectivity index (χ2n) is 5.80. The van der Waals surface area contributed by atoms with E-state index in [1.54, 1.807) is 19.1 Å². The van der Waals surface area contributed by atoms with E-state index in [1.165, 1.54) is 24.3 Å². The molecule has 0 saturated carbocycles. The molecule has 0 spiro atoms. The van der Waals surface area contributed by atoms with E-state index in [-0.39, 0.29) is 15.9 Å². The molecule has 3 aromatic rings. The molecule has 6 nitrogen and oxygen atoms in total. The zero-order valence-corrected chi connectivity index (χ0v) is 17.7. The number of carbonyl (C=O) groups is 1. The maximum Gasteiger partial charge on any atom is 0.263 e. The Morgan fingerprint density at radius 1 is 1.04 bits per heavy atom. The van der Waals surface area contributed by atoms with E-state index in [9.17, 15) is 13.2 Å². The van der Waals surface area contributed by atoms with Crippen molar-refractivity contribution in [3.63, 3.8) is 0 Å². The van der Waals surface area contributed by atoms with Crippen LogP contribution in [-0.4, -0.2) is 19.3 Å². The van der Waals surface area contributed by atoms with Crippen LogP contribution in [0, 0.1) is 6.92 Å². The Morgan fingerprint density at radius 2 is 1.61 bits per heavy atom. The number of nitrogens with one attached hydrogen (secondary N) is 2. The van der Waals surface area contributed by atoms with Crippen LogP contribution in [0.25, 0.3) is 0 Å². The number of hydrogen-bond acceptors (Lipinski definition) is 5. The van der Waals surface area contributed by atoms with Crippen LogP contribution >= 0.6 is 34.5 Å². The number of hydrogen-bond donors (Lipinski definition) is 2. The molecule has 3 rings (SSSR count). The van der Waals surface area contributed by atoms with Crippen LogP contribution in [0.3, 0.4) is 0 Å². The van der Waals surface area contributed by atoms with E-state index >= 15 is 0 Å². The van der Waals surface area contributed by atoms with Gasteiger partial charge in [-0.25, -0.2) is 13.4 Å². The normalized spacial score (nSPS) is 11.2. The van der Waals surface area contributed by atoms with Crippen LogP contribution in [0.1, 0.15) is 20.9 Å². The van der Waals surface area contributed by atoms with Gasteiger partial charge >= 0.3 is 0 Å². The minimum absolute atomic E-state index is 0.0542. The number of aromatic nitrogens is 1. The Kier molecular flexibility index (Phi) is 6.24. The van der Waals surface area contributed by atoms with Gasteiger partial charge in [-0.2, -0.15) is 0 Å². The van der Waals surface area contributed by atoms with E-state index in [0.29, 0.717) is 27.2 Å². The third kappa shape index (κ3) is 5.02. The third-order valence-electron chi connectivity index (χ3n) is 3.71. The highest BCUT2D eigenvalue weighted by Gasteiger charge is 2.20. The molecule has 0 bridgehead atoms. The summed E-state index contributed by atoms with van der Waals surface area (Å²) in [5.41, 5.74) is 1.33. The number of amides is 1. The molecule has 28 heavy (non-hydrogen) atoms. The van der Waals surface area contributed by atoms with Gasteiger partial charge in [0.15, 0.2) is 5.13 Å². The van der Waals surface area contributed by atoms with Gasteiger partial charge in [0, 0.05) is 16.6 Å². The lowest BCUT2D eigenvalue weighted by Gasteiger charge is -2.05. The molecule has 0 unspecified atom stereocenters. The predicted octanol–water partition coefficient (Wildman–Crippen LogP) is 4.49. The lowest BCUT2D eigenvalue weighted by atomic mass is 10.2. The summed E-state index contributed by atoms with van der Waals surface area (Å²) < 4.78 is 27.3. The molecular weight excluding hydrogens is 441 g/mol. The molecule has 1 amide bonds. The average Bonchev–Trinajstić information content (AvgIpc) is 3.01. The molecule has 2 N–H and O–H groups in total. The Balaban J connectivity index is 1.70. The average molecular weight is 456 g/mol. The number of carbonyl (C=O) groups excluding carboxylic acids is 1. The first kappa shape index (κ1) is 20.6. The Bertz CT molecular complexity index is 1100. The summed E-state index contributed by atoms with van der Waals surface area (Å²) in [5.74, 6) is -0.332. The zero-order valence-electron chi connectivity index (χ0n) is 14.6. The van der Waals surface area contributed by atoms with Gasteiger partial charge in [0.05, 0.1) is 10.6 Å². The summed E-state index contributed by atoms with van der Waals surface area (Å²) in [6, 6.07) is 12.9. The fourth-order valence-corrected chi connectivity index (χ4v) is 4.67. The fourth-order valence-electron chi connectivity index (χ4n) is 2.30. The monoisotopic (exact) mass is 455 g/mol. The van der Waals surface area contributed by atoms with Crippen molar-refractivity contribution < 1.29 is 13.2 Å². The minimum Gasteiger partial charge on any atom is -0.347 e. The van der Waals surface area contributed by atoms with Crippen molar-refractivity contribution in [1.82, 2.24) is 10.3 Å². The predicted molar refractivity (Wildman–Crippen MR) is 112 cm³/mol. The number of rotatable bonds is 6. The summed E-state index contributed by atoms with van der Waals surface area (Å²) in [4.78, 5) is 17.0. The van der Waals surface area contributed by atoms with Crippen LogP contribution in [-0.2, 0) is 16.6 Å². The van der Waals surface area contributed by atoms with E-state index in [1.807, 2.05) is 12.1 Å². The summed E-state index contributed by atoms with van der Waals surface area (Å²) in [7, 11) is -3.82. The second-order valence-corrected chi connectivity index (χ2v) is 9.36. The van der Waals surface area contributed by atoms with Crippen LogP contribution in [0.15, 0.2) is 53.4 Å². The standard InChI is InChI=1S/C18H15Cl2N3O3S2/c1-11-16(17(24)21-10-12-2-4-13(19)5-3-12)27-18(22-11)23-28(25,26)15-8-6-14(20)7-9-15/h2-9H,10H2,1H3,(H,21,24)(H,22,23). The second kappa shape index (κ2) is 8.48. The summed E-state index contributed by atoms with van der Waals surface area (Å²) in [6.07, 6.45) is 0. The van der Waals surface area contributed by atoms with Gasteiger partial charge in [0.2, 0.25) is 0 Å². The lowest BCUT2D eigenvalue weighted by molar-refractivity contribution is 0.0954. The maximum absolute atomic E-state index is 12.4. The largest absolute Gasteiger partial charge is 0.347 e. The molecular formula is C18H15Cl2N3O3S2. The molecule has 146 valence electrons. The molecule has 1 aromatic heterocycles. The first-order valence-electron chi connectivity index (χ1n) is 8.03. The highest BCUT2D eigenvalue weighted by molar-refractivity contribution is 7.93. The highest BCUT2D eigenvalue weighted by atomic mass is 35.5. The molecule has 0 saturated heterocycles. The zero-order chi connectivity index (χ0) is 20.3. The number of anilines is 1. The first-order chi connectivity index (χ1) is 13.2. The van der Waals surface area contributed by atoms with Gasteiger partial charge in [-0.15, -0.1) is 0 Å². The number of nitrogens with zero attached hydrogens (tertiary/aromatic N) is 1. The number of halogens is 2. The van der Waals surface area contributed by atoms with Crippen molar-refractivity contribution in [2.45, 2.75) is 18.4 Å². The summed E-state index contributed by atoms with van der Waals surface area (Å²) in [6.45, 7) is 1.97. The van der Waals surface area contributed by atoms with Gasteiger partial charge in [0.25, 0.3) is 15.9 Å². The molecule has 1 heterocycles. The smallest absolute Gasteiger partial charge is 0.263 e. The highest BCUT2D eigenvalue weighted by Crippen LogP contribution is 2.25. The maximum atomic E-state index is 12.4. The Morgan fingerprint density at radius 3 is 2.21 bits per heavy atom. The van der Waals surface area contributed by atoms with Crippen LogP contribution in [0.5, 0.6) is 0 Å². The third-order valence-corrected chi connectivity index (χ3v) is 6.77. The van der Waals surface area contributed by atoms with E-state index in [0.717, 1.165) is 16.9 Å². The summed E-state index contributed by atoms with van der Waals surface area (Å²) in [5, 5.41) is 3.95. The van der Waals surface area contributed by atoms with Gasteiger partial charge in [-0.3, -0.25) is 9.52 Å². The van der Waals surface area contributed by atoms with Gasteiger partial charge in [0.1, 0.15) is 4.88 Å². The molecule has 0 aliphatic carbocycles. The Hall–Kier alpha value is -2.13. The van der Waals surface area contributed by atoms with Gasteiger partial charge < -0.3 is 5.32 Å². The van der Waals surface area contributed by atoms with Crippen LogP contribution < -0.4 is 10.0 Å². The number of benzene rings is 2. The molecule has 0 fully saturated rings. The van der Waals surface area contributed by atoms with Gasteiger partial charge in [-0.05, 0) is 48.9 Å². The van der Waals surface area contributed by atoms with Crippen molar-refractivity contribution in [3.8, 4) is 0 Å². The quantitative estimate of drug-likeness (QED) is 0.572. The van der Waals surface area contributed by atoms with Crippen molar-refractivity contribution in [2.24, 2.45) is 0 Å². The number of sulfonamides is 1. The van der Waals surface area contributed by atoms with Crippen LogP contribution in [0.4, 0.5) is 5.13 Å². The van der Waals surface area contributed by atoms with Crippen LogP contribution in [0.2, 0.25) is 10.0 Å². The molecule has 0 radical (unpaired) electrons. The van der Waals surface area contributed by atoms with Crippen molar-refractivity contribution in [3.05, 3.63) is 74.7 Å². The SMILES string of the molecule is Cc1nc(NS(=O)(=O)c2ccc(Cl)cc2)sc1C(=O)NCc1ccc(Cl)cc1. The molecule has 0 atom stereocenters. The van der Waals surface area contributed by atoms with E-state index in [2.05, 4.69) is 15.0 Å².